The van der Waals surface area contributed by atoms with Gasteiger partial charge in [-0.3, -0.25) is 0 Å². The Morgan fingerprint density at radius 2 is 1.68 bits per heavy atom. The Morgan fingerprint density at radius 3 is 2.41 bits per heavy atom. The molecule has 2 heterocycles. The molecule has 2 aliphatic rings. The molecular formula is C19H20N2O. The number of para-hydroxylation sites is 1. The van der Waals surface area contributed by atoms with Crippen LogP contribution in [0.15, 0.2) is 59.8 Å². The van der Waals surface area contributed by atoms with Crippen molar-refractivity contribution in [1.29, 1.82) is 0 Å². The highest BCUT2D eigenvalue weighted by Gasteiger charge is 2.61. The molecule has 0 aromatic heterocycles. The van der Waals surface area contributed by atoms with Crippen LogP contribution in [0.1, 0.15) is 31.4 Å². The molecule has 0 radical (unpaired) electrons. The maximum Gasteiger partial charge on any atom is 0.224 e. The van der Waals surface area contributed by atoms with Gasteiger partial charge < -0.3 is 9.74 Å². The quantitative estimate of drug-likeness (QED) is 0.795. The molecule has 1 spiro atoms. The summed E-state index contributed by atoms with van der Waals surface area (Å²) in [5.74, 6) is 0. The topological polar surface area (TPSA) is 24.8 Å². The van der Waals surface area contributed by atoms with E-state index in [4.69, 9.17) is 4.84 Å². The number of rotatable bonds is 1. The average molecular weight is 292 g/mol. The lowest BCUT2D eigenvalue weighted by Crippen LogP contribution is -2.54. The van der Waals surface area contributed by atoms with E-state index < -0.39 is 5.72 Å². The molecule has 2 aromatic carbocycles. The van der Waals surface area contributed by atoms with E-state index >= 15 is 0 Å². The minimum atomic E-state index is -0.443. The third-order valence-corrected chi connectivity index (χ3v) is 5.28. The van der Waals surface area contributed by atoms with Crippen LogP contribution in [-0.4, -0.2) is 18.5 Å². The summed E-state index contributed by atoms with van der Waals surface area (Å²) >= 11 is 0. The molecule has 0 saturated carbocycles. The molecule has 4 rings (SSSR count). The molecular weight excluding hydrogens is 272 g/mol. The number of nitrogens with zero attached hydrogens (tertiary/aromatic N) is 2. The molecule has 3 nitrogen and oxygen atoms in total. The van der Waals surface area contributed by atoms with Gasteiger partial charge in [-0.25, -0.2) is 0 Å². The molecule has 3 heteroatoms. The first-order chi connectivity index (χ1) is 10.6. The van der Waals surface area contributed by atoms with Crippen molar-refractivity contribution >= 4 is 11.4 Å². The molecule has 0 bridgehead atoms. The molecule has 1 unspecified atom stereocenters. The zero-order chi connectivity index (χ0) is 15.4. The van der Waals surface area contributed by atoms with Gasteiger partial charge in [-0.2, -0.15) is 0 Å². The summed E-state index contributed by atoms with van der Waals surface area (Å²) in [5.41, 5.74) is 4.15. The smallest absolute Gasteiger partial charge is 0.224 e. The first kappa shape index (κ1) is 13.4. The Balaban J connectivity index is 1.76. The van der Waals surface area contributed by atoms with Gasteiger partial charge in [-0.15, -0.1) is 0 Å². The highest BCUT2D eigenvalue weighted by Crippen LogP contribution is 2.55. The number of oxime groups is 1. The van der Waals surface area contributed by atoms with Crippen LogP contribution in [0.4, 0.5) is 5.69 Å². The fourth-order valence-corrected chi connectivity index (χ4v) is 3.84. The SMILES string of the molecule is CN1c2ccccc2C(C)(C)C12CC(c1ccccc1)=NO2. The normalized spacial score (nSPS) is 25.0. The third-order valence-electron chi connectivity index (χ3n) is 5.28. The molecule has 2 aliphatic heterocycles. The van der Waals surface area contributed by atoms with Crippen LogP contribution in [0, 0.1) is 0 Å². The summed E-state index contributed by atoms with van der Waals surface area (Å²) in [6.45, 7) is 4.50. The van der Waals surface area contributed by atoms with Crippen LogP contribution in [0.25, 0.3) is 0 Å². The largest absolute Gasteiger partial charge is 0.366 e. The summed E-state index contributed by atoms with van der Waals surface area (Å²) in [6.07, 6.45) is 0.787. The lowest BCUT2D eigenvalue weighted by Gasteiger charge is -2.40. The van der Waals surface area contributed by atoms with Crippen molar-refractivity contribution in [3.05, 3.63) is 65.7 Å². The molecule has 1 atom stereocenters. The Hall–Kier alpha value is -2.29. The van der Waals surface area contributed by atoms with Crippen LogP contribution in [-0.2, 0) is 10.3 Å². The van der Waals surface area contributed by atoms with E-state index in [0.717, 1.165) is 17.7 Å². The van der Waals surface area contributed by atoms with Crippen molar-refractivity contribution < 1.29 is 4.84 Å². The van der Waals surface area contributed by atoms with E-state index in [2.05, 4.69) is 67.3 Å². The molecule has 0 amide bonds. The van der Waals surface area contributed by atoms with Gasteiger partial charge in [0, 0.05) is 12.7 Å². The van der Waals surface area contributed by atoms with Crippen molar-refractivity contribution in [2.45, 2.75) is 31.4 Å². The third kappa shape index (κ3) is 1.54. The van der Waals surface area contributed by atoms with Crippen molar-refractivity contribution in [3.63, 3.8) is 0 Å². The van der Waals surface area contributed by atoms with Crippen LogP contribution in [0.3, 0.4) is 0 Å². The van der Waals surface area contributed by atoms with Gasteiger partial charge in [-0.05, 0) is 31.0 Å². The Morgan fingerprint density at radius 1 is 1.00 bits per heavy atom. The molecule has 0 fully saturated rings. The first-order valence-corrected chi connectivity index (χ1v) is 7.70. The van der Waals surface area contributed by atoms with E-state index in [0.29, 0.717) is 0 Å². The van der Waals surface area contributed by atoms with Gasteiger partial charge in [0.15, 0.2) is 0 Å². The highest BCUT2D eigenvalue weighted by atomic mass is 16.7. The Kier molecular flexibility index (Phi) is 2.65. The minimum absolute atomic E-state index is 0.127. The van der Waals surface area contributed by atoms with Gasteiger partial charge in [-0.1, -0.05) is 53.7 Å². The second-order valence-corrected chi connectivity index (χ2v) is 6.66. The molecule has 0 saturated heterocycles. The van der Waals surface area contributed by atoms with E-state index in [1.807, 2.05) is 18.2 Å². The second-order valence-electron chi connectivity index (χ2n) is 6.66. The molecule has 0 aliphatic carbocycles. The average Bonchev–Trinajstić information content (AvgIpc) is 3.07. The molecule has 2 aromatic rings. The van der Waals surface area contributed by atoms with E-state index in [9.17, 15) is 0 Å². The number of fused-ring (bicyclic) bond motifs is 1. The maximum absolute atomic E-state index is 6.09. The molecule has 0 N–H and O–H groups in total. The molecule has 22 heavy (non-hydrogen) atoms. The lowest BCUT2D eigenvalue weighted by atomic mass is 9.75. The van der Waals surface area contributed by atoms with E-state index in [1.165, 1.54) is 11.3 Å². The summed E-state index contributed by atoms with van der Waals surface area (Å²) < 4.78 is 0. The zero-order valence-corrected chi connectivity index (χ0v) is 13.2. The number of benzene rings is 2. The number of hydrogen-bond donors (Lipinski definition) is 0. The predicted molar refractivity (Wildman–Crippen MR) is 89.3 cm³/mol. The van der Waals surface area contributed by atoms with Gasteiger partial charge in [0.05, 0.1) is 17.5 Å². The standard InChI is InChI=1S/C19H20N2O/c1-18(2)15-11-7-8-12-17(15)21(3)19(18)13-16(20-22-19)14-9-5-4-6-10-14/h4-12H,13H2,1-3H3. The van der Waals surface area contributed by atoms with Crippen LogP contribution >= 0.6 is 0 Å². The monoisotopic (exact) mass is 292 g/mol. The minimum Gasteiger partial charge on any atom is -0.366 e. The van der Waals surface area contributed by atoms with Crippen LogP contribution < -0.4 is 4.90 Å². The zero-order valence-electron chi connectivity index (χ0n) is 13.2. The number of hydrogen-bond acceptors (Lipinski definition) is 3. The van der Waals surface area contributed by atoms with E-state index in [-0.39, 0.29) is 5.41 Å². The Bertz CT molecular complexity index is 751. The van der Waals surface area contributed by atoms with Gasteiger partial charge in [0.2, 0.25) is 5.72 Å². The fraction of sp³-hybridized carbons (Fsp3) is 0.316. The first-order valence-electron chi connectivity index (χ1n) is 7.70. The highest BCUT2D eigenvalue weighted by molar-refractivity contribution is 6.02. The summed E-state index contributed by atoms with van der Waals surface area (Å²) in [7, 11) is 2.11. The second kappa shape index (κ2) is 4.35. The van der Waals surface area contributed by atoms with E-state index in [1.54, 1.807) is 0 Å². The van der Waals surface area contributed by atoms with Gasteiger partial charge in [0.25, 0.3) is 0 Å². The number of anilines is 1. The summed E-state index contributed by atoms with van der Waals surface area (Å²) in [6, 6.07) is 18.8. The Labute approximate surface area is 131 Å². The maximum atomic E-state index is 6.09. The van der Waals surface area contributed by atoms with Crippen molar-refractivity contribution in [2.24, 2.45) is 5.16 Å². The van der Waals surface area contributed by atoms with Crippen LogP contribution in [0.5, 0.6) is 0 Å². The van der Waals surface area contributed by atoms with Gasteiger partial charge in [0.1, 0.15) is 0 Å². The van der Waals surface area contributed by atoms with Crippen molar-refractivity contribution in [1.82, 2.24) is 0 Å². The van der Waals surface area contributed by atoms with Crippen molar-refractivity contribution in [3.8, 4) is 0 Å². The lowest BCUT2D eigenvalue weighted by molar-refractivity contribution is -0.0591. The fourth-order valence-electron chi connectivity index (χ4n) is 3.84. The van der Waals surface area contributed by atoms with Crippen molar-refractivity contribution in [2.75, 3.05) is 11.9 Å². The van der Waals surface area contributed by atoms with Gasteiger partial charge >= 0.3 is 0 Å². The van der Waals surface area contributed by atoms with Crippen LogP contribution in [0.2, 0.25) is 0 Å². The predicted octanol–water partition coefficient (Wildman–Crippen LogP) is 3.93. The number of likely N-dealkylation sites (N-methyl/N-ethyl adjacent to an activating group) is 1. The summed E-state index contributed by atoms with van der Waals surface area (Å²) in [5, 5.41) is 4.45. The summed E-state index contributed by atoms with van der Waals surface area (Å²) in [4.78, 5) is 8.34. The molecule has 112 valence electrons.